The van der Waals surface area contributed by atoms with E-state index in [1.807, 2.05) is 66.8 Å². The molecular weight excluding hydrogens is 328 g/mol. The van der Waals surface area contributed by atoms with Gasteiger partial charge in [0, 0.05) is 5.92 Å². The highest BCUT2D eigenvalue weighted by Crippen LogP contribution is 2.40. The number of ether oxygens (including phenoxy) is 2. The van der Waals surface area contributed by atoms with Crippen LogP contribution in [0, 0.1) is 11.3 Å². The SMILES string of the molecule is COC(=O)C(Cc1ccc2ccccc2c1)(C(=O)OC)C1C=CC=CC1. The van der Waals surface area contributed by atoms with Crippen molar-refractivity contribution in [2.75, 3.05) is 14.2 Å². The second-order valence-electron chi connectivity index (χ2n) is 6.47. The molecule has 134 valence electrons. The smallest absolute Gasteiger partial charge is 0.324 e. The van der Waals surface area contributed by atoms with Crippen LogP contribution in [0.3, 0.4) is 0 Å². The number of fused-ring (bicyclic) bond motifs is 1. The van der Waals surface area contributed by atoms with Gasteiger partial charge in [0.25, 0.3) is 0 Å². The van der Waals surface area contributed by atoms with Crippen molar-refractivity contribution < 1.29 is 19.1 Å². The normalized spacial score (nSPS) is 16.5. The molecule has 1 aliphatic rings. The van der Waals surface area contributed by atoms with Gasteiger partial charge in [-0.05, 0) is 29.2 Å². The molecule has 26 heavy (non-hydrogen) atoms. The summed E-state index contributed by atoms with van der Waals surface area (Å²) in [5.74, 6) is -1.45. The molecule has 0 N–H and O–H groups in total. The lowest BCUT2D eigenvalue weighted by Crippen LogP contribution is -2.48. The molecule has 3 rings (SSSR count). The van der Waals surface area contributed by atoms with Crippen LogP contribution in [0.4, 0.5) is 0 Å². The quantitative estimate of drug-likeness (QED) is 0.607. The molecule has 0 fully saturated rings. The van der Waals surface area contributed by atoms with Crippen LogP contribution in [0.1, 0.15) is 12.0 Å². The number of benzene rings is 2. The van der Waals surface area contributed by atoms with Crippen molar-refractivity contribution in [3.05, 3.63) is 72.3 Å². The first-order valence-electron chi connectivity index (χ1n) is 8.59. The lowest BCUT2D eigenvalue weighted by molar-refractivity contribution is -0.172. The first kappa shape index (κ1) is 17.9. The zero-order chi connectivity index (χ0) is 18.6. The second kappa shape index (κ2) is 7.56. The fraction of sp³-hybridized carbons (Fsp3) is 0.273. The Morgan fingerprint density at radius 2 is 1.69 bits per heavy atom. The van der Waals surface area contributed by atoms with E-state index in [4.69, 9.17) is 9.47 Å². The van der Waals surface area contributed by atoms with Crippen molar-refractivity contribution >= 4 is 22.7 Å². The minimum Gasteiger partial charge on any atom is -0.468 e. The predicted octanol–water partition coefficient (Wildman–Crippen LogP) is 3.85. The highest BCUT2D eigenvalue weighted by molar-refractivity contribution is 6.01. The third-order valence-corrected chi connectivity index (χ3v) is 5.01. The first-order chi connectivity index (χ1) is 12.6. The highest BCUT2D eigenvalue weighted by atomic mass is 16.5. The Hall–Kier alpha value is -2.88. The molecule has 1 atom stereocenters. The minimum atomic E-state index is -1.41. The number of hydrogen-bond donors (Lipinski definition) is 0. The van der Waals surface area contributed by atoms with Gasteiger partial charge in [0.1, 0.15) is 0 Å². The van der Waals surface area contributed by atoms with Gasteiger partial charge in [0.15, 0.2) is 5.41 Å². The van der Waals surface area contributed by atoms with Gasteiger partial charge in [-0.1, -0.05) is 66.8 Å². The number of carbonyl (C=O) groups excluding carboxylic acids is 2. The molecule has 0 saturated heterocycles. The molecule has 0 amide bonds. The molecule has 4 heteroatoms. The number of carbonyl (C=O) groups is 2. The molecule has 1 unspecified atom stereocenters. The van der Waals surface area contributed by atoms with Gasteiger partial charge in [-0.2, -0.15) is 0 Å². The summed E-state index contributed by atoms with van der Waals surface area (Å²) in [5, 5.41) is 2.17. The maximum atomic E-state index is 12.8. The highest BCUT2D eigenvalue weighted by Gasteiger charge is 2.53. The number of allylic oxidation sites excluding steroid dienone is 4. The van der Waals surface area contributed by atoms with Gasteiger partial charge in [0.05, 0.1) is 14.2 Å². The minimum absolute atomic E-state index is 0.222. The summed E-state index contributed by atoms with van der Waals surface area (Å²) in [5.41, 5.74) is -0.518. The van der Waals surface area contributed by atoms with E-state index in [0.29, 0.717) is 6.42 Å². The first-order valence-corrected chi connectivity index (χ1v) is 8.59. The second-order valence-corrected chi connectivity index (χ2v) is 6.47. The standard InChI is InChI=1S/C22H22O4/c1-25-20(23)22(21(24)26-2,19-10-4-3-5-11-19)15-16-12-13-17-8-6-7-9-18(17)14-16/h3-10,12-14,19H,11,15H2,1-2H3. The summed E-state index contributed by atoms with van der Waals surface area (Å²) >= 11 is 0. The molecule has 0 aromatic heterocycles. The van der Waals surface area contributed by atoms with E-state index in [1.165, 1.54) is 14.2 Å². The van der Waals surface area contributed by atoms with Crippen molar-refractivity contribution in [3.8, 4) is 0 Å². The molecule has 0 bridgehead atoms. The maximum Gasteiger partial charge on any atom is 0.324 e. The zero-order valence-electron chi connectivity index (χ0n) is 15.0. The summed E-state index contributed by atoms with van der Waals surface area (Å²) in [6.07, 6.45) is 8.40. The van der Waals surface area contributed by atoms with Crippen LogP contribution in [0.25, 0.3) is 10.8 Å². The topological polar surface area (TPSA) is 52.6 Å². The van der Waals surface area contributed by atoms with Gasteiger partial charge in [-0.3, -0.25) is 9.59 Å². The third kappa shape index (κ3) is 3.15. The van der Waals surface area contributed by atoms with Crippen LogP contribution >= 0.6 is 0 Å². The number of rotatable bonds is 5. The van der Waals surface area contributed by atoms with Gasteiger partial charge in [-0.25, -0.2) is 0 Å². The van der Waals surface area contributed by atoms with Gasteiger partial charge >= 0.3 is 11.9 Å². The van der Waals surface area contributed by atoms with E-state index < -0.39 is 17.4 Å². The number of hydrogen-bond acceptors (Lipinski definition) is 4. The number of methoxy groups -OCH3 is 2. The average Bonchev–Trinajstić information content (AvgIpc) is 2.71. The molecular formula is C22H22O4. The molecule has 2 aromatic rings. The summed E-state index contributed by atoms with van der Waals surface area (Å²) in [6.45, 7) is 0. The van der Waals surface area contributed by atoms with Crippen molar-refractivity contribution in [2.24, 2.45) is 11.3 Å². The maximum absolute atomic E-state index is 12.8. The van der Waals surface area contributed by atoms with Crippen LogP contribution in [-0.4, -0.2) is 26.2 Å². The van der Waals surface area contributed by atoms with E-state index in [1.54, 1.807) is 0 Å². The Bertz CT molecular complexity index is 863. The van der Waals surface area contributed by atoms with E-state index in [0.717, 1.165) is 16.3 Å². The van der Waals surface area contributed by atoms with E-state index in [-0.39, 0.29) is 12.3 Å². The number of esters is 2. The Morgan fingerprint density at radius 1 is 1.00 bits per heavy atom. The van der Waals surface area contributed by atoms with Gasteiger partial charge < -0.3 is 9.47 Å². The van der Waals surface area contributed by atoms with Crippen LogP contribution in [0.2, 0.25) is 0 Å². The lowest BCUT2D eigenvalue weighted by atomic mass is 9.68. The Kier molecular flexibility index (Phi) is 5.21. The van der Waals surface area contributed by atoms with Crippen molar-refractivity contribution in [1.82, 2.24) is 0 Å². The summed E-state index contributed by atoms with van der Waals surface area (Å²) in [4.78, 5) is 25.6. The Labute approximate surface area is 153 Å². The molecule has 0 radical (unpaired) electrons. The molecule has 0 heterocycles. The monoisotopic (exact) mass is 350 g/mol. The largest absolute Gasteiger partial charge is 0.468 e. The van der Waals surface area contributed by atoms with Crippen molar-refractivity contribution in [1.29, 1.82) is 0 Å². The van der Waals surface area contributed by atoms with E-state index in [2.05, 4.69) is 0 Å². The van der Waals surface area contributed by atoms with Crippen LogP contribution in [0.5, 0.6) is 0 Å². The van der Waals surface area contributed by atoms with E-state index in [9.17, 15) is 9.59 Å². The fourth-order valence-corrected chi connectivity index (χ4v) is 3.64. The van der Waals surface area contributed by atoms with Crippen LogP contribution in [0.15, 0.2) is 66.8 Å². The molecule has 2 aromatic carbocycles. The Balaban J connectivity index is 2.08. The lowest BCUT2D eigenvalue weighted by Gasteiger charge is -2.34. The molecule has 0 aliphatic heterocycles. The summed E-state index contributed by atoms with van der Waals surface area (Å²) < 4.78 is 10.1. The third-order valence-electron chi connectivity index (χ3n) is 5.01. The summed E-state index contributed by atoms with van der Waals surface area (Å²) in [7, 11) is 2.62. The molecule has 0 saturated carbocycles. The Morgan fingerprint density at radius 3 is 2.31 bits per heavy atom. The molecule has 4 nitrogen and oxygen atoms in total. The molecule has 0 spiro atoms. The van der Waals surface area contributed by atoms with Gasteiger partial charge in [0.2, 0.25) is 0 Å². The predicted molar refractivity (Wildman–Crippen MR) is 101 cm³/mol. The van der Waals surface area contributed by atoms with Crippen LogP contribution in [-0.2, 0) is 25.5 Å². The van der Waals surface area contributed by atoms with Crippen molar-refractivity contribution in [3.63, 3.8) is 0 Å². The van der Waals surface area contributed by atoms with Crippen molar-refractivity contribution in [2.45, 2.75) is 12.8 Å². The zero-order valence-corrected chi connectivity index (χ0v) is 15.0. The molecule has 1 aliphatic carbocycles. The van der Waals surface area contributed by atoms with Crippen LogP contribution < -0.4 is 0 Å². The average molecular weight is 350 g/mol. The summed E-state index contributed by atoms with van der Waals surface area (Å²) in [6, 6.07) is 14.0. The fourth-order valence-electron chi connectivity index (χ4n) is 3.64. The van der Waals surface area contributed by atoms with Gasteiger partial charge in [-0.15, -0.1) is 0 Å². The van der Waals surface area contributed by atoms with E-state index >= 15 is 0 Å².